The van der Waals surface area contributed by atoms with Crippen LogP contribution in [0.3, 0.4) is 0 Å². The summed E-state index contributed by atoms with van der Waals surface area (Å²) in [5.74, 6) is 0.576. The maximum atomic E-state index is 12.2. The Labute approximate surface area is 145 Å². The number of aldehydes is 1. The third-order valence-corrected chi connectivity index (χ3v) is 4.76. The molecule has 1 aliphatic carbocycles. The van der Waals surface area contributed by atoms with Gasteiger partial charge in [-0.05, 0) is 47.0 Å². The van der Waals surface area contributed by atoms with Crippen LogP contribution in [0.4, 0.5) is 4.79 Å². The van der Waals surface area contributed by atoms with Gasteiger partial charge in [-0.2, -0.15) is 5.01 Å². The molecule has 1 heterocycles. The molecule has 0 aromatic carbocycles. The molecule has 0 aromatic heterocycles. The summed E-state index contributed by atoms with van der Waals surface area (Å²) >= 11 is 0. The number of rotatable bonds is 4. The van der Waals surface area contributed by atoms with Gasteiger partial charge >= 0.3 is 6.09 Å². The van der Waals surface area contributed by atoms with Crippen LogP contribution in [-0.4, -0.2) is 40.9 Å². The van der Waals surface area contributed by atoms with Crippen molar-refractivity contribution in [2.24, 2.45) is 5.92 Å². The molecule has 2 unspecified atom stereocenters. The van der Waals surface area contributed by atoms with Crippen molar-refractivity contribution in [1.82, 2.24) is 10.4 Å². The third-order valence-electron chi connectivity index (χ3n) is 4.76. The summed E-state index contributed by atoms with van der Waals surface area (Å²) < 4.78 is 11.2. The molecule has 2 rings (SSSR count). The minimum atomic E-state index is -0.748. The molecular weight excluding hydrogens is 308 g/mol. The van der Waals surface area contributed by atoms with Gasteiger partial charge in [0.15, 0.2) is 6.29 Å². The van der Waals surface area contributed by atoms with Crippen molar-refractivity contribution in [3.63, 3.8) is 0 Å². The smallest absolute Gasteiger partial charge is 0.422 e. The van der Waals surface area contributed by atoms with E-state index < -0.39 is 23.5 Å². The van der Waals surface area contributed by atoms with E-state index >= 15 is 0 Å². The average molecular weight is 340 g/mol. The molecule has 138 valence electrons. The van der Waals surface area contributed by atoms with Gasteiger partial charge in [0.1, 0.15) is 17.4 Å². The van der Waals surface area contributed by atoms with Crippen LogP contribution in [0.2, 0.25) is 0 Å². The second-order valence-electron chi connectivity index (χ2n) is 8.46. The second kappa shape index (κ2) is 7.40. The molecule has 0 bridgehead atoms. The van der Waals surface area contributed by atoms with Gasteiger partial charge < -0.3 is 14.3 Å². The zero-order valence-corrected chi connectivity index (χ0v) is 15.6. The highest BCUT2D eigenvalue weighted by atomic mass is 16.6. The zero-order chi connectivity index (χ0) is 18.0. The lowest BCUT2D eigenvalue weighted by Crippen LogP contribution is -2.56. The molecule has 1 N–H and O–H groups in total. The molecule has 1 aliphatic heterocycles. The van der Waals surface area contributed by atoms with Crippen LogP contribution in [0.1, 0.15) is 73.1 Å². The lowest BCUT2D eigenvalue weighted by molar-refractivity contribution is -0.126. The van der Waals surface area contributed by atoms with Crippen LogP contribution in [-0.2, 0) is 14.3 Å². The van der Waals surface area contributed by atoms with Gasteiger partial charge in [0, 0.05) is 0 Å². The first-order chi connectivity index (χ1) is 11.1. The number of hydrogen-bond acceptors (Lipinski definition) is 5. The predicted octanol–water partition coefficient (Wildman–Crippen LogP) is 3.40. The average Bonchev–Trinajstić information content (AvgIpc) is 2.70. The molecule has 0 spiro atoms. The van der Waals surface area contributed by atoms with Crippen LogP contribution in [0.15, 0.2) is 0 Å². The van der Waals surface area contributed by atoms with Crippen molar-refractivity contribution >= 4 is 12.4 Å². The van der Waals surface area contributed by atoms with Gasteiger partial charge in [0.05, 0.1) is 6.04 Å². The normalized spacial score (nSPS) is 28.5. The van der Waals surface area contributed by atoms with E-state index in [1.54, 1.807) is 5.01 Å². The highest BCUT2D eigenvalue weighted by Gasteiger charge is 2.49. The maximum absolute atomic E-state index is 12.2. The number of hydrogen-bond donors (Lipinski definition) is 1. The molecule has 6 nitrogen and oxygen atoms in total. The van der Waals surface area contributed by atoms with Crippen LogP contribution < -0.4 is 5.43 Å². The zero-order valence-electron chi connectivity index (χ0n) is 15.6. The number of hydrazine groups is 1. The molecule has 1 saturated heterocycles. The second-order valence-corrected chi connectivity index (χ2v) is 8.46. The topological polar surface area (TPSA) is 67.9 Å². The summed E-state index contributed by atoms with van der Waals surface area (Å²) in [4.78, 5) is 23.7. The van der Waals surface area contributed by atoms with Crippen LogP contribution in [0.25, 0.3) is 0 Å². The maximum Gasteiger partial charge on any atom is 0.422 e. The largest absolute Gasteiger partial charge is 0.443 e. The van der Waals surface area contributed by atoms with E-state index in [0.717, 1.165) is 12.7 Å². The monoisotopic (exact) mass is 340 g/mol. The molecule has 0 aromatic rings. The van der Waals surface area contributed by atoms with Crippen molar-refractivity contribution in [2.75, 3.05) is 0 Å². The van der Waals surface area contributed by atoms with Crippen molar-refractivity contribution in [3.8, 4) is 0 Å². The quantitative estimate of drug-likeness (QED) is 0.795. The first kappa shape index (κ1) is 19.2. The predicted molar refractivity (Wildman–Crippen MR) is 91.2 cm³/mol. The van der Waals surface area contributed by atoms with E-state index in [-0.39, 0.29) is 6.04 Å². The number of ether oxygens (including phenoxy) is 2. The van der Waals surface area contributed by atoms with Crippen LogP contribution >= 0.6 is 0 Å². The number of carbonyl (C=O) groups is 2. The van der Waals surface area contributed by atoms with E-state index in [4.69, 9.17) is 9.47 Å². The Morgan fingerprint density at radius 3 is 2.46 bits per heavy atom. The van der Waals surface area contributed by atoms with Crippen molar-refractivity contribution in [1.29, 1.82) is 0 Å². The molecular formula is C18H32N2O4. The van der Waals surface area contributed by atoms with E-state index in [0.29, 0.717) is 5.92 Å². The van der Waals surface area contributed by atoms with Gasteiger partial charge in [-0.1, -0.05) is 32.1 Å². The number of nitrogens with zero attached hydrogens (tertiary/aromatic N) is 1. The fourth-order valence-electron chi connectivity index (χ4n) is 3.75. The van der Waals surface area contributed by atoms with E-state index in [1.165, 1.54) is 32.1 Å². The number of carbonyl (C=O) groups excluding carboxylic acids is 2. The molecule has 0 radical (unpaired) electrons. The Hall–Kier alpha value is -1.14. The summed E-state index contributed by atoms with van der Waals surface area (Å²) in [5.41, 5.74) is 1.50. The fraction of sp³-hybridized carbons (Fsp3) is 0.889. The van der Waals surface area contributed by atoms with Crippen molar-refractivity contribution in [3.05, 3.63) is 0 Å². The summed E-state index contributed by atoms with van der Waals surface area (Å²) in [7, 11) is 0. The number of amides is 1. The minimum Gasteiger partial charge on any atom is -0.443 e. The standard InChI is InChI=1S/C18H32N2O4/c1-17(2,3)24-16(22)19-20-14(11-13-9-7-6-8-10-13)15(12-21)23-18(20,4)5/h12-15H,6-11H2,1-5H3,(H,19,22). The van der Waals surface area contributed by atoms with E-state index in [2.05, 4.69) is 5.43 Å². The first-order valence-electron chi connectivity index (χ1n) is 9.04. The Bertz CT molecular complexity index is 452. The molecule has 24 heavy (non-hydrogen) atoms. The van der Waals surface area contributed by atoms with E-state index in [9.17, 15) is 9.59 Å². The Kier molecular flexibility index (Phi) is 5.91. The van der Waals surface area contributed by atoms with Crippen LogP contribution in [0.5, 0.6) is 0 Å². The lowest BCUT2D eigenvalue weighted by atomic mass is 9.84. The van der Waals surface area contributed by atoms with Gasteiger partial charge in [-0.3, -0.25) is 5.43 Å². The molecule has 2 fully saturated rings. The highest BCUT2D eigenvalue weighted by Crippen LogP contribution is 2.36. The SMILES string of the molecule is CC(C)(C)OC(=O)NN1C(CC2CCCCC2)C(C=O)OC1(C)C. The first-order valence-corrected chi connectivity index (χ1v) is 9.04. The van der Waals surface area contributed by atoms with Crippen LogP contribution in [0, 0.1) is 5.92 Å². The highest BCUT2D eigenvalue weighted by molar-refractivity contribution is 5.67. The van der Waals surface area contributed by atoms with Gasteiger partial charge in [-0.15, -0.1) is 0 Å². The molecule has 2 atom stereocenters. The molecule has 1 saturated carbocycles. The fourth-order valence-corrected chi connectivity index (χ4v) is 3.75. The van der Waals surface area contributed by atoms with Gasteiger partial charge in [0.2, 0.25) is 0 Å². The minimum absolute atomic E-state index is 0.159. The molecule has 2 aliphatic rings. The van der Waals surface area contributed by atoms with E-state index in [1.807, 2.05) is 34.6 Å². The van der Waals surface area contributed by atoms with Crippen molar-refractivity contribution < 1.29 is 19.1 Å². The molecule has 6 heteroatoms. The third kappa shape index (κ3) is 4.93. The Morgan fingerprint density at radius 1 is 1.29 bits per heavy atom. The van der Waals surface area contributed by atoms with Gasteiger partial charge in [0.25, 0.3) is 0 Å². The number of nitrogens with one attached hydrogen (secondary N) is 1. The summed E-state index contributed by atoms with van der Waals surface area (Å²) in [6.07, 6.45) is 6.80. The Balaban J connectivity index is 2.09. The lowest BCUT2D eigenvalue weighted by Gasteiger charge is -2.35. The van der Waals surface area contributed by atoms with Crippen molar-refractivity contribution in [2.45, 2.75) is 96.6 Å². The summed E-state index contributed by atoms with van der Waals surface area (Å²) in [5, 5.41) is 1.77. The van der Waals surface area contributed by atoms with Gasteiger partial charge in [-0.25, -0.2) is 4.79 Å². The Morgan fingerprint density at radius 2 is 1.92 bits per heavy atom. The summed E-state index contributed by atoms with van der Waals surface area (Å²) in [6.45, 7) is 9.20. The molecule has 1 amide bonds. The summed E-state index contributed by atoms with van der Waals surface area (Å²) in [6, 6.07) is -0.159.